The quantitative estimate of drug-likeness (QED) is 0.324. The van der Waals surface area contributed by atoms with Gasteiger partial charge in [0, 0.05) is 5.56 Å². The second-order valence-electron chi connectivity index (χ2n) is 14.8. The maximum atomic E-state index is 12.7. The zero-order valence-electron chi connectivity index (χ0n) is 24.1. The molecule has 8 unspecified atom stereocenters. The Balaban J connectivity index is 1.38. The monoisotopic (exact) mass is 514 g/mol. The van der Waals surface area contributed by atoms with Crippen molar-refractivity contribution in [2.24, 2.45) is 51.2 Å². The molecule has 0 bridgehead atoms. The summed E-state index contributed by atoms with van der Waals surface area (Å²) in [6.45, 7) is 12.4. The molecule has 1 aromatic carbocycles. The lowest BCUT2D eigenvalue weighted by Gasteiger charge is -2.67. The van der Waals surface area contributed by atoms with Crippen LogP contribution >= 0.6 is 0 Å². The van der Waals surface area contributed by atoms with Gasteiger partial charge in [-0.3, -0.25) is 9.59 Å². The van der Waals surface area contributed by atoms with Crippen molar-refractivity contribution >= 4 is 17.8 Å². The zero-order valence-corrected chi connectivity index (χ0v) is 24.1. The molecule has 5 aliphatic rings. The number of allylic oxidation sites excluding steroid dienone is 4. The Hall–Kier alpha value is -2.16. The molecule has 0 aliphatic heterocycles. The third-order valence-corrected chi connectivity index (χ3v) is 12.9. The summed E-state index contributed by atoms with van der Waals surface area (Å²) in [7, 11) is 0. The van der Waals surface area contributed by atoms with E-state index in [2.05, 4.69) is 58.9 Å². The topological polar surface area (TPSA) is 54.4 Å². The van der Waals surface area contributed by atoms with Gasteiger partial charge in [0.1, 0.15) is 6.29 Å². The molecule has 6 rings (SSSR count). The average Bonchev–Trinajstić information content (AvgIpc) is 2.88. The van der Waals surface area contributed by atoms with Crippen LogP contribution in [0.5, 0.6) is 0 Å². The Bertz CT molecular complexity index is 1200. The van der Waals surface area contributed by atoms with E-state index in [1.54, 1.807) is 0 Å². The third-order valence-electron chi connectivity index (χ3n) is 12.9. The predicted octanol–water partition coefficient (Wildman–Crippen LogP) is 8.60. The lowest BCUT2D eigenvalue weighted by molar-refractivity contribution is -0.164. The van der Waals surface area contributed by atoms with Crippen LogP contribution in [0.1, 0.15) is 108 Å². The summed E-state index contributed by atoms with van der Waals surface area (Å²) in [5, 5.41) is 10.5. The van der Waals surface area contributed by atoms with Crippen molar-refractivity contribution in [1.82, 2.24) is 0 Å². The number of rotatable bonds is 3. The zero-order chi connectivity index (χ0) is 27.1. The highest BCUT2D eigenvalue weighted by Gasteiger charge is 2.65. The molecular weight excluding hydrogens is 468 g/mol. The Labute approximate surface area is 229 Å². The van der Waals surface area contributed by atoms with Crippen molar-refractivity contribution in [3.63, 3.8) is 0 Å². The van der Waals surface area contributed by atoms with Gasteiger partial charge in [-0.2, -0.15) is 0 Å². The fourth-order valence-electron chi connectivity index (χ4n) is 11.3. The standard InChI is InChI=1S/C35H46O3/c1-22-7-6-17-35(31(37)38)20-15-27-25(30(22)35)12-13-29-33(27,4)19-16-28-32(2,3)26(14-18-34(28,29)5)24-10-8-23(21-36)9-11-24/h8-12,14,21-22,27-30H,6-7,13,15-20H2,1-5H3,(H,37,38). The summed E-state index contributed by atoms with van der Waals surface area (Å²) in [6.07, 6.45) is 15.7. The smallest absolute Gasteiger partial charge is 0.310 e. The maximum Gasteiger partial charge on any atom is 0.310 e. The van der Waals surface area contributed by atoms with Gasteiger partial charge in [-0.25, -0.2) is 0 Å². The van der Waals surface area contributed by atoms with Crippen LogP contribution in [0, 0.1) is 51.2 Å². The van der Waals surface area contributed by atoms with Gasteiger partial charge in [0.15, 0.2) is 0 Å². The van der Waals surface area contributed by atoms with E-state index in [0.29, 0.717) is 23.7 Å². The molecule has 3 fully saturated rings. The van der Waals surface area contributed by atoms with Gasteiger partial charge in [0.25, 0.3) is 0 Å². The van der Waals surface area contributed by atoms with Crippen LogP contribution in [-0.2, 0) is 4.79 Å². The highest BCUT2D eigenvalue weighted by atomic mass is 16.4. The van der Waals surface area contributed by atoms with Crippen molar-refractivity contribution in [3.05, 3.63) is 53.1 Å². The molecule has 0 aromatic heterocycles. The van der Waals surface area contributed by atoms with E-state index in [4.69, 9.17) is 0 Å². The first-order valence-corrected chi connectivity index (χ1v) is 15.2. The van der Waals surface area contributed by atoms with Crippen molar-refractivity contribution in [2.45, 2.75) is 92.4 Å². The number of carboxylic acid groups (broad SMARTS) is 1. The number of aliphatic carboxylic acids is 1. The molecule has 0 spiro atoms. The molecule has 3 nitrogen and oxygen atoms in total. The lowest BCUT2D eigenvalue weighted by Crippen LogP contribution is -2.60. The van der Waals surface area contributed by atoms with Gasteiger partial charge in [-0.1, -0.05) is 89.5 Å². The lowest BCUT2D eigenvalue weighted by atomic mass is 9.37. The average molecular weight is 515 g/mol. The second kappa shape index (κ2) is 8.67. The van der Waals surface area contributed by atoms with Gasteiger partial charge in [-0.15, -0.1) is 0 Å². The van der Waals surface area contributed by atoms with Crippen molar-refractivity contribution < 1.29 is 14.7 Å². The molecule has 1 N–H and O–H groups in total. The van der Waals surface area contributed by atoms with E-state index in [0.717, 1.165) is 50.4 Å². The molecule has 0 amide bonds. The van der Waals surface area contributed by atoms with Gasteiger partial charge < -0.3 is 5.11 Å². The largest absolute Gasteiger partial charge is 0.481 e. The minimum atomic E-state index is -0.538. The number of fused-ring (bicyclic) bond motifs is 7. The summed E-state index contributed by atoms with van der Waals surface area (Å²) in [4.78, 5) is 24.0. The Morgan fingerprint density at radius 3 is 2.34 bits per heavy atom. The minimum absolute atomic E-state index is 0.0595. The van der Waals surface area contributed by atoms with Gasteiger partial charge in [0.05, 0.1) is 5.41 Å². The van der Waals surface area contributed by atoms with Gasteiger partial charge in [0.2, 0.25) is 0 Å². The molecule has 0 saturated heterocycles. The van der Waals surface area contributed by atoms with Crippen LogP contribution in [0.2, 0.25) is 0 Å². The van der Waals surface area contributed by atoms with Crippen LogP contribution in [0.15, 0.2) is 42.0 Å². The Kier molecular flexibility index (Phi) is 5.95. The number of carbonyl (C=O) groups excluding carboxylic acids is 1. The van der Waals surface area contributed by atoms with Crippen molar-refractivity contribution in [2.75, 3.05) is 0 Å². The summed E-state index contributed by atoms with van der Waals surface area (Å²) < 4.78 is 0. The molecule has 0 heterocycles. The number of hydrogen-bond acceptors (Lipinski definition) is 2. The fourth-order valence-corrected chi connectivity index (χ4v) is 11.3. The number of aldehydes is 1. The summed E-state index contributed by atoms with van der Waals surface area (Å²) in [5.41, 5.74) is 4.95. The second-order valence-corrected chi connectivity index (χ2v) is 14.8. The van der Waals surface area contributed by atoms with Gasteiger partial charge >= 0.3 is 5.97 Å². The molecule has 8 atom stereocenters. The summed E-state index contributed by atoms with van der Waals surface area (Å²) in [5.74, 6) is 1.90. The van der Waals surface area contributed by atoms with E-state index in [1.807, 2.05) is 12.1 Å². The van der Waals surface area contributed by atoms with Crippen LogP contribution in [0.3, 0.4) is 0 Å². The molecule has 3 heteroatoms. The van der Waals surface area contributed by atoms with Crippen LogP contribution in [-0.4, -0.2) is 17.4 Å². The number of carboxylic acids is 1. The minimum Gasteiger partial charge on any atom is -0.481 e. The van der Waals surface area contributed by atoms with Crippen molar-refractivity contribution in [1.29, 1.82) is 0 Å². The van der Waals surface area contributed by atoms with E-state index in [1.165, 1.54) is 36.0 Å². The SMILES string of the molecule is CC1CCCC2(C(=O)O)CCC3C(=CCC4C3(C)CCC3C(C)(C)C(c5ccc(C=O)cc5)=CCC34C)C12. The first kappa shape index (κ1) is 26.1. The van der Waals surface area contributed by atoms with E-state index in [-0.39, 0.29) is 22.2 Å². The highest BCUT2D eigenvalue weighted by molar-refractivity contribution is 5.78. The summed E-state index contributed by atoms with van der Waals surface area (Å²) >= 11 is 0. The molecule has 204 valence electrons. The number of hydrogen-bond donors (Lipinski definition) is 1. The normalized spacial score (nSPS) is 43.3. The van der Waals surface area contributed by atoms with E-state index >= 15 is 0 Å². The van der Waals surface area contributed by atoms with Crippen LogP contribution in [0.4, 0.5) is 0 Å². The fraction of sp³-hybridized carbons (Fsp3) is 0.657. The molecular formula is C35H46O3. The predicted molar refractivity (Wildman–Crippen MR) is 153 cm³/mol. The molecule has 38 heavy (non-hydrogen) atoms. The van der Waals surface area contributed by atoms with E-state index in [9.17, 15) is 14.7 Å². The number of benzene rings is 1. The van der Waals surface area contributed by atoms with Crippen molar-refractivity contribution in [3.8, 4) is 0 Å². The molecule has 3 saturated carbocycles. The first-order valence-electron chi connectivity index (χ1n) is 15.2. The number of carbonyl (C=O) groups is 2. The molecule has 5 aliphatic carbocycles. The summed E-state index contributed by atoms with van der Waals surface area (Å²) in [6, 6.07) is 8.16. The van der Waals surface area contributed by atoms with Crippen LogP contribution < -0.4 is 0 Å². The Morgan fingerprint density at radius 1 is 0.921 bits per heavy atom. The first-order chi connectivity index (χ1) is 18.0. The highest BCUT2D eigenvalue weighted by Crippen LogP contribution is 2.72. The van der Waals surface area contributed by atoms with Crippen LogP contribution in [0.25, 0.3) is 5.57 Å². The van der Waals surface area contributed by atoms with Gasteiger partial charge in [-0.05, 0) is 102 Å². The molecule has 1 aromatic rings. The maximum absolute atomic E-state index is 12.7. The Morgan fingerprint density at radius 2 is 1.66 bits per heavy atom. The molecule has 0 radical (unpaired) electrons. The van der Waals surface area contributed by atoms with E-state index < -0.39 is 11.4 Å². The third kappa shape index (κ3) is 3.38.